The zero-order valence-corrected chi connectivity index (χ0v) is 14.1. The SMILES string of the molecule is N#Cc1cc(NC2CCN(Cc3ccc(F)cc3)C2=O)ccc1C(F)(F)F. The van der Waals surface area contributed by atoms with E-state index in [1.807, 2.05) is 0 Å². The van der Waals surface area contributed by atoms with Gasteiger partial charge in [-0.25, -0.2) is 4.39 Å². The van der Waals surface area contributed by atoms with Crippen LogP contribution in [0.5, 0.6) is 0 Å². The first-order valence-electron chi connectivity index (χ1n) is 8.19. The average Bonchev–Trinajstić information content (AvgIpc) is 2.96. The third-order valence-electron chi connectivity index (χ3n) is 4.37. The summed E-state index contributed by atoms with van der Waals surface area (Å²) in [6, 6.07) is 9.91. The number of hydrogen-bond acceptors (Lipinski definition) is 3. The van der Waals surface area contributed by atoms with Gasteiger partial charge >= 0.3 is 6.18 Å². The van der Waals surface area contributed by atoms with Gasteiger partial charge in [-0.1, -0.05) is 12.1 Å². The molecule has 27 heavy (non-hydrogen) atoms. The number of rotatable bonds is 4. The number of likely N-dealkylation sites (tertiary alicyclic amines) is 1. The lowest BCUT2D eigenvalue weighted by Crippen LogP contribution is -2.33. The second-order valence-electron chi connectivity index (χ2n) is 6.24. The highest BCUT2D eigenvalue weighted by molar-refractivity contribution is 5.86. The van der Waals surface area contributed by atoms with E-state index in [9.17, 15) is 22.4 Å². The van der Waals surface area contributed by atoms with Crippen LogP contribution in [0.15, 0.2) is 42.5 Å². The second kappa shape index (κ2) is 7.27. The summed E-state index contributed by atoms with van der Waals surface area (Å²) >= 11 is 0. The van der Waals surface area contributed by atoms with Crippen LogP contribution in [0.1, 0.15) is 23.1 Å². The van der Waals surface area contributed by atoms with Gasteiger partial charge in [0.2, 0.25) is 5.91 Å². The second-order valence-corrected chi connectivity index (χ2v) is 6.24. The fourth-order valence-electron chi connectivity index (χ4n) is 3.01. The number of nitriles is 1. The van der Waals surface area contributed by atoms with Crippen molar-refractivity contribution in [3.63, 3.8) is 0 Å². The molecule has 1 saturated heterocycles. The van der Waals surface area contributed by atoms with Crippen LogP contribution < -0.4 is 5.32 Å². The summed E-state index contributed by atoms with van der Waals surface area (Å²) < 4.78 is 51.5. The maximum absolute atomic E-state index is 13.0. The van der Waals surface area contributed by atoms with E-state index in [0.717, 1.165) is 17.7 Å². The van der Waals surface area contributed by atoms with E-state index in [4.69, 9.17) is 5.26 Å². The van der Waals surface area contributed by atoms with Crippen molar-refractivity contribution in [3.05, 3.63) is 65.0 Å². The molecule has 2 aromatic rings. The Bertz CT molecular complexity index is 887. The summed E-state index contributed by atoms with van der Waals surface area (Å²) in [6.07, 6.45) is -4.14. The topological polar surface area (TPSA) is 56.1 Å². The van der Waals surface area contributed by atoms with Gasteiger partial charge in [0.25, 0.3) is 0 Å². The molecule has 1 aliphatic heterocycles. The van der Waals surface area contributed by atoms with Gasteiger partial charge in [-0.3, -0.25) is 4.79 Å². The van der Waals surface area contributed by atoms with Crippen LogP contribution in [-0.4, -0.2) is 23.4 Å². The fourth-order valence-corrected chi connectivity index (χ4v) is 3.01. The third-order valence-corrected chi connectivity index (χ3v) is 4.37. The van der Waals surface area contributed by atoms with E-state index in [-0.39, 0.29) is 17.4 Å². The zero-order valence-electron chi connectivity index (χ0n) is 14.1. The van der Waals surface area contributed by atoms with Crippen molar-refractivity contribution in [1.82, 2.24) is 4.90 Å². The first kappa shape index (κ1) is 18.7. The van der Waals surface area contributed by atoms with Crippen LogP contribution in [0.4, 0.5) is 23.2 Å². The number of anilines is 1. The highest BCUT2D eigenvalue weighted by atomic mass is 19.4. The first-order valence-corrected chi connectivity index (χ1v) is 8.19. The number of carbonyl (C=O) groups is 1. The van der Waals surface area contributed by atoms with Gasteiger partial charge in [-0.2, -0.15) is 18.4 Å². The molecule has 0 aromatic heterocycles. The number of benzene rings is 2. The minimum absolute atomic E-state index is 0.197. The molecule has 0 saturated carbocycles. The summed E-state index contributed by atoms with van der Waals surface area (Å²) in [5, 5.41) is 11.9. The minimum atomic E-state index is -4.61. The lowest BCUT2D eigenvalue weighted by atomic mass is 10.1. The molecule has 1 heterocycles. The van der Waals surface area contributed by atoms with Gasteiger partial charge in [0.15, 0.2) is 0 Å². The predicted octanol–water partition coefficient (Wildman–Crippen LogP) is 3.93. The van der Waals surface area contributed by atoms with Gasteiger partial charge in [-0.05, 0) is 42.3 Å². The van der Waals surface area contributed by atoms with Crippen LogP contribution >= 0.6 is 0 Å². The number of alkyl halides is 3. The zero-order chi connectivity index (χ0) is 19.6. The molecule has 1 aliphatic rings. The molecule has 0 spiro atoms. The van der Waals surface area contributed by atoms with Crippen LogP contribution in [0.3, 0.4) is 0 Å². The first-order chi connectivity index (χ1) is 12.8. The number of hydrogen-bond donors (Lipinski definition) is 1. The molecule has 3 rings (SSSR count). The van der Waals surface area contributed by atoms with Gasteiger partial charge in [0.1, 0.15) is 11.9 Å². The highest BCUT2D eigenvalue weighted by Gasteiger charge is 2.35. The largest absolute Gasteiger partial charge is 0.417 e. The van der Waals surface area contributed by atoms with E-state index in [0.29, 0.717) is 19.5 Å². The molecule has 0 bridgehead atoms. The maximum atomic E-state index is 13.0. The summed E-state index contributed by atoms with van der Waals surface area (Å²) in [5.74, 6) is -0.556. The van der Waals surface area contributed by atoms with Crippen LogP contribution in [-0.2, 0) is 17.5 Å². The Balaban J connectivity index is 1.69. The Hall–Kier alpha value is -3.08. The van der Waals surface area contributed by atoms with Gasteiger partial charge in [0.05, 0.1) is 17.2 Å². The summed E-state index contributed by atoms with van der Waals surface area (Å²) in [6.45, 7) is 0.799. The molecule has 0 aliphatic carbocycles. The standard InChI is InChI=1S/C19H15F4N3O/c20-14-3-1-12(2-4-14)11-26-8-7-17(18(26)27)25-15-5-6-16(19(21,22)23)13(9-15)10-24/h1-6,9,17,25H,7-8,11H2. The van der Waals surface area contributed by atoms with Gasteiger partial charge < -0.3 is 10.2 Å². The molecule has 1 fully saturated rings. The van der Waals surface area contributed by atoms with Crippen molar-refractivity contribution >= 4 is 11.6 Å². The quantitative estimate of drug-likeness (QED) is 0.822. The number of amides is 1. The summed E-state index contributed by atoms with van der Waals surface area (Å²) in [4.78, 5) is 14.1. The molecule has 140 valence electrons. The van der Waals surface area contributed by atoms with Crippen molar-refractivity contribution in [1.29, 1.82) is 5.26 Å². The van der Waals surface area contributed by atoms with E-state index < -0.39 is 23.3 Å². The number of carbonyl (C=O) groups excluding carboxylic acids is 1. The number of halogens is 4. The lowest BCUT2D eigenvalue weighted by molar-refractivity contribution is -0.137. The molecular formula is C19H15F4N3O. The molecule has 1 amide bonds. The van der Waals surface area contributed by atoms with Crippen molar-refractivity contribution in [3.8, 4) is 6.07 Å². The summed E-state index contributed by atoms with van der Waals surface area (Å²) in [7, 11) is 0. The third kappa shape index (κ3) is 4.19. The van der Waals surface area contributed by atoms with Crippen LogP contribution in [0, 0.1) is 17.1 Å². The molecule has 2 aromatic carbocycles. The molecule has 8 heteroatoms. The highest BCUT2D eigenvalue weighted by Crippen LogP contribution is 2.33. The van der Waals surface area contributed by atoms with Crippen molar-refractivity contribution in [2.75, 3.05) is 11.9 Å². The molecule has 1 N–H and O–H groups in total. The van der Waals surface area contributed by atoms with Crippen LogP contribution in [0.25, 0.3) is 0 Å². The van der Waals surface area contributed by atoms with Gasteiger partial charge in [0, 0.05) is 18.8 Å². The Morgan fingerprint density at radius 3 is 2.52 bits per heavy atom. The number of nitrogens with one attached hydrogen (secondary N) is 1. The smallest absolute Gasteiger partial charge is 0.374 e. The molecule has 1 atom stereocenters. The normalized spacial score (nSPS) is 17.1. The van der Waals surface area contributed by atoms with Crippen molar-refractivity contribution in [2.24, 2.45) is 0 Å². The molecule has 1 unspecified atom stereocenters. The Morgan fingerprint density at radius 2 is 1.89 bits per heavy atom. The minimum Gasteiger partial charge on any atom is -0.374 e. The Morgan fingerprint density at radius 1 is 1.19 bits per heavy atom. The Labute approximate surface area is 153 Å². The van der Waals surface area contributed by atoms with Crippen molar-refractivity contribution < 1.29 is 22.4 Å². The Kier molecular flexibility index (Phi) is 5.04. The van der Waals surface area contributed by atoms with Crippen molar-refractivity contribution in [2.45, 2.75) is 25.2 Å². The van der Waals surface area contributed by atoms with E-state index in [1.165, 1.54) is 24.3 Å². The lowest BCUT2D eigenvalue weighted by Gasteiger charge is -2.18. The van der Waals surface area contributed by atoms with E-state index >= 15 is 0 Å². The average molecular weight is 377 g/mol. The number of nitrogens with zero attached hydrogens (tertiary/aromatic N) is 2. The van der Waals surface area contributed by atoms with Gasteiger partial charge in [-0.15, -0.1) is 0 Å². The fraction of sp³-hybridized carbons (Fsp3) is 0.263. The maximum Gasteiger partial charge on any atom is 0.417 e. The molecule has 0 radical (unpaired) electrons. The monoisotopic (exact) mass is 377 g/mol. The predicted molar refractivity (Wildman–Crippen MR) is 90.0 cm³/mol. The van der Waals surface area contributed by atoms with Crippen LogP contribution in [0.2, 0.25) is 0 Å². The van der Waals surface area contributed by atoms with E-state index in [2.05, 4.69) is 5.32 Å². The molecule has 4 nitrogen and oxygen atoms in total. The molecular weight excluding hydrogens is 362 g/mol. The summed E-state index contributed by atoms with van der Waals surface area (Å²) in [5.41, 5.74) is -0.444. The van der Waals surface area contributed by atoms with E-state index in [1.54, 1.807) is 17.0 Å².